The van der Waals surface area contributed by atoms with Gasteiger partial charge in [-0.25, -0.2) is 4.79 Å². The van der Waals surface area contributed by atoms with Crippen molar-refractivity contribution in [2.75, 3.05) is 18.5 Å². The van der Waals surface area contributed by atoms with Gasteiger partial charge >= 0.3 is 12.1 Å². The monoisotopic (exact) mass is 325 g/mol. The van der Waals surface area contributed by atoms with Gasteiger partial charge in [0.1, 0.15) is 18.2 Å². The fraction of sp³-hybridized carbons (Fsp3) is 0.500. The van der Waals surface area contributed by atoms with Gasteiger partial charge < -0.3 is 15.2 Å². The van der Waals surface area contributed by atoms with Crippen LogP contribution in [0.15, 0.2) is 0 Å². The molecule has 21 heavy (non-hydrogen) atoms. The zero-order valence-corrected chi connectivity index (χ0v) is 12.2. The molecule has 1 aromatic heterocycles. The van der Waals surface area contributed by atoms with Crippen molar-refractivity contribution >= 4 is 28.2 Å². The van der Waals surface area contributed by atoms with E-state index in [2.05, 4.69) is 10.1 Å². The van der Waals surface area contributed by atoms with Crippen LogP contribution >= 0.6 is 11.3 Å². The van der Waals surface area contributed by atoms with Gasteiger partial charge in [-0.05, 0) is 18.9 Å². The van der Waals surface area contributed by atoms with E-state index in [1.807, 2.05) is 0 Å². The van der Waals surface area contributed by atoms with E-state index in [9.17, 15) is 22.8 Å². The van der Waals surface area contributed by atoms with Gasteiger partial charge in [-0.2, -0.15) is 13.2 Å². The van der Waals surface area contributed by atoms with Crippen LogP contribution in [0.3, 0.4) is 0 Å². The number of carboxylic acids is 1. The number of carbonyl (C=O) groups excluding carboxylic acids is 1. The summed E-state index contributed by atoms with van der Waals surface area (Å²) in [5, 5.41) is 11.6. The van der Waals surface area contributed by atoms with Gasteiger partial charge in [0.25, 0.3) is 5.91 Å². The lowest BCUT2D eigenvalue weighted by Crippen LogP contribution is -2.24. The van der Waals surface area contributed by atoms with Crippen LogP contribution < -0.4 is 5.32 Å². The van der Waals surface area contributed by atoms with Crippen molar-refractivity contribution in [2.24, 2.45) is 0 Å². The molecule has 0 fully saturated rings. The second kappa shape index (κ2) is 6.90. The fourth-order valence-electron chi connectivity index (χ4n) is 1.74. The standard InChI is InChI=1S/C12H14F3NO4S/c1-3-7-6(2)21-10(9(7)11(18)19)16-8(17)4-20-5-12(13,14)15/h3-5H2,1-2H3,(H,16,17)(H,18,19). The molecular weight excluding hydrogens is 311 g/mol. The lowest BCUT2D eigenvalue weighted by Gasteiger charge is -2.08. The minimum absolute atomic E-state index is 0.0239. The normalized spacial score (nSPS) is 11.5. The molecule has 1 amide bonds. The minimum atomic E-state index is -4.51. The van der Waals surface area contributed by atoms with Gasteiger partial charge in [0.15, 0.2) is 0 Å². The van der Waals surface area contributed by atoms with Gasteiger partial charge in [0.2, 0.25) is 0 Å². The van der Waals surface area contributed by atoms with Gasteiger partial charge in [0, 0.05) is 4.88 Å². The maximum Gasteiger partial charge on any atom is 0.411 e. The Morgan fingerprint density at radius 2 is 2.00 bits per heavy atom. The number of carbonyl (C=O) groups is 2. The lowest BCUT2D eigenvalue weighted by atomic mass is 10.1. The summed E-state index contributed by atoms with van der Waals surface area (Å²) in [6.45, 7) is 1.16. The number of carboxylic acid groups (broad SMARTS) is 1. The van der Waals surface area contributed by atoms with Crippen molar-refractivity contribution in [1.82, 2.24) is 0 Å². The third-order valence-corrected chi connectivity index (χ3v) is 3.59. The first-order chi connectivity index (χ1) is 9.65. The van der Waals surface area contributed by atoms with Crippen LogP contribution in [0.2, 0.25) is 0 Å². The van der Waals surface area contributed by atoms with E-state index in [-0.39, 0.29) is 10.6 Å². The van der Waals surface area contributed by atoms with Crippen molar-refractivity contribution in [3.05, 3.63) is 16.0 Å². The zero-order chi connectivity index (χ0) is 16.2. The molecular formula is C12H14F3NO4S. The third kappa shape index (κ3) is 5.01. The van der Waals surface area contributed by atoms with E-state index < -0.39 is 31.3 Å². The average molecular weight is 325 g/mol. The first-order valence-corrected chi connectivity index (χ1v) is 6.77. The molecule has 0 unspecified atom stereocenters. The molecule has 1 rings (SSSR count). The SMILES string of the molecule is CCc1c(C)sc(NC(=O)COCC(F)(F)F)c1C(=O)O. The van der Waals surface area contributed by atoms with Gasteiger partial charge in [-0.3, -0.25) is 4.79 Å². The zero-order valence-electron chi connectivity index (χ0n) is 11.3. The van der Waals surface area contributed by atoms with Crippen molar-refractivity contribution < 1.29 is 32.6 Å². The summed E-state index contributed by atoms with van der Waals surface area (Å²) in [6.07, 6.45) is -4.04. The topological polar surface area (TPSA) is 75.6 Å². The quantitative estimate of drug-likeness (QED) is 0.843. The Hall–Kier alpha value is -1.61. The Labute approximate surface area is 122 Å². The molecule has 0 radical (unpaired) electrons. The maximum atomic E-state index is 11.9. The van der Waals surface area contributed by atoms with Gasteiger partial charge in [0.05, 0.1) is 5.56 Å². The van der Waals surface area contributed by atoms with Gasteiger partial charge in [-0.1, -0.05) is 6.92 Å². The Morgan fingerprint density at radius 3 is 2.48 bits per heavy atom. The van der Waals surface area contributed by atoms with Crippen LogP contribution in [0.5, 0.6) is 0 Å². The van der Waals surface area contributed by atoms with E-state index >= 15 is 0 Å². The van der Waals surface area contributed by atoms with E-state index in [4.69, 9.17) is 5.11 Å². The molecule has 2 N–H and O–H groups in total. The highest BCUT2D eigenvalue weighted by Gasteiger charge is 2.28. The predicted molar refractivity (Wildman–Crippen MR) is 70.9 cm³/mol. The molecule has 1 heterocycles. The molecule has 0 saturated carbocycles. The number of nitrogens with one attached hydrogen (secondary N) is 1. The van der Waals surface area contributed by atoms with Crippen LogP contribution in [-0.4, -0.2) is 36.4 Å². The highest BCUT2D eigenvalue weighted by atomic mass is 32.1. The molecule has 0 aromatic carbocycles. The lowest BCUT2D eigenvalue weighted by molar-refractivity contribution is -0.174. The Morgan fingerprint density at radius 1 is 1.38 bits per heavy atom. The Bertz CT molecular complexity index is 539. The molecule has 0 spiro atoms. The predicted octanol–water partition coefficient (Wildman–Crippen LogP) is 2.83. The first kappa shape index (κ1) is 17.4. The van der Waals surface area contributed by atoms with E-state index in [1.54, 1.807) is 13.8 Å². The maximum absolute atomic E-state index is 11.9. The van der Waals surface area contributed by atoms with Crippen LogP contribution in [-0.2, 0) is 16.0 Å². The minimum Gasteiger partial charge on any atom is -0.478 e. The number of hydrogen-bond acceptors (Lipinski definition) is 4. The van der Waals surface area contributed by atoms with E-state index in [1.165, 1.54) is 0 Å². The number of aryl methyl sites for hydroxylation is 1. The average Bonchev–Trinajstić information content (AvgIpc) is 2.63. The number of amides is 1. The highest BCUT2D eigenvalue weighted by molar-refractivity contribution is 7.16. The number of hydrogen-bond donors (Lipinski definition) is 2. The van der Waals surface area contributed by atoms with Crippen molar-refractivity contribution in [3.63, 3.8) is 0 Å². The van der Waals surface area contributed by atoms with Crippen molar-refractivity contribution in [3.8, 4) is 0 Å². The summed E-state index contributed by atoms with van der Waals surface area (Å²) in [6, 6.07) is 0. The number of aromatic carboxylic acids is 1. The molecule has 0 saturated heterocycles. The highest BCUT2D eigenvalue weighted by Crippen LogP contribution is 2.33. The molecule has 1 aromatic rings. The van der Waals surface area contributed by atoms with Crippen molar-refractivity contribution in [2.45, 2.75) is 26.4 Å². The van der Waals surface area contributed by atoms with E-state index in [0.29, 0.717) is 12.0 Å². The molecule has 5 nitrogen and oxygen atoms in total. The number of ether oxygens (including phenoxy) is 1. The summed E-state index contributed by atoms with van der Waals surface area (Å²) in [5.41, 5.74) is 0.572. The Kier molecular flexibility index (Phi) is 5.73. The fourth-order valence-corrected chi connectivity index (χ4v) is 2.89. The summed E-state index contributed by atoms with van der Waals surface area (Å²) in [7, 11) is 0. The van der Waals surface area contributed by atoms with Crippen LogP contribution in [0.4, 0.5) is 18.2 Å². The third-order valence-electron chi connectivity index (χ3n) is 2.53. The number of halogens is 3. The number of thiophene rings is 1. The van der Waals surface area contributed by atoms with Gasteiger partial charge in [-0.15, -0.1) is 11.3 Å². The van der Waals surface area contributed by atoms with Crippen LogP contribution in [0, 0.1) is 6.92 Å². The number of rotatable bonds is 6. The second-order valence-electron chi connectivity index (χ2n) is 4.16. The first-order valence-electron chi connectivity index (χ1n) is 5.95. The molecule has 0 aliphatic rings. The molecule has 0 atom stereocenters. The molecule has 9 heteroatoms. The van der Waals surface area contributed by atoms with Crippen molar-refractivity contribution in [1.29, 1.82) is 0 Å². The smallest absolute Gasteiger partial charge is 0.411 e. The summed E-state index contributed by atoms with van der Waals surface area (Å²) < 4.78 is 39.8. The Balaban J connectivity index is 2.75. The number of alkyl halides is 3. The summed E-state index contributed by atoms with van der Waals surface area (Å²) >= 11 is 1.07. The second-order valence-corrected chi connectivity index (χ2v) is 5.38. The molecule has 118 valence electrons. The largest absolute Gasteiger partial charge is 0.478 e. The van der Waals surface area contributed by atoms with E-state index in [0.717, 1.165) is 16.2 Å². The van der Waals surface area contributed by atoms with Crippen LogP contribution in [0.25, 0.3) is 0 Å². The summed E-state index contributed by atoms with van der Waals surface area (Å²) in [5.74, 6) is -2.02. The molecule has 0 aliphatic carbocycles. The number of anilines is 1. The summed E-state index contributed by atoms with van der Waals surface area (Å²) in [4.78, 5) is 23.4. The molecule has 0 aliphatic heterocycles. The van der Waals surface area contributed by atoms with Crippen LogP contribution in [0.1, 0.15) is 27.7 Å². The molecule has 0 bridgehead atoms.